The van der Waals surface area contributed by atoms with Gasteiger partial charge in [-0.25, -0.2) is 0 Å². The van der Waals surface area contributed by atoms with E-state index in [0.29, 0.717) is 5.56 Å². The second-order valence-electron chi connectivity index (χ2n) is 4.07. The summed E-state index contributed by atoms with van der Waals surface area (Å²) in [4.78, 5) is 17.5. The van der Waals surface area contributed by atoms with Crippen molar-refractivity contribution in [2.45, 2.75) is 13.0 Å². The molecule has 0 fully saturated rings. The fourth-order valence-corrected chi connectivity index (χ4v) is 1.45. The van der Waals surface area contributed by atoms with Gasteiger partial charge in [0.05, 0.1) is 11.8 Å². The van der Waals surface area contributed by atoms with Gasteiger partial charge in [0.1, 0.15) is 5.75 Å². The summed E-state index contributed by atoms with van der Waals surface area (Å²) < 4.78 is 0. The summed E-state index contributed by atoms with van der Waals surface area (Å²) in [7, 11) is 3.89. The topological polar surface area (TPSA) is 65.5 Å². The molecule has 16 heavy (non-hydrogen) atoms. The van der Waals surface area contributed by atoms with Crippen LogP contribution in [-0.2, 0) is 0 Å². The van der Waals surface area contributed by atoms with Gasteiger partial charge in [-0.3, -0.25) is 9.78 Å². The van der Waals surface area contributed by atoms with Crippen LogP contribution in [0.3, 0.4) is 0 Å². The number of aromatic hydroxyl groups is 1. The molecule has 1 aromatic heterocycles. The Morgan fingerprint density at radius 2 is 2.25 bits per heavy atom. The maximum Gasteiger partial charge on any atom is 0.253 e. The quantitative estimate of drug-likeness (QED) is 0.778. The molecule has 5 heteroatoms. The molecule has 88 valence electrons. The van der Waals surface area contributed by atoms with Crippen LogP contribution in [-0.4, -0.2) is 47.6 Å². The standard InChI is InChI=1S/C11H17N3O2/c1-8(7-14(2)3)13-11(16)9-4-10(15)6-12-5-9/h4-6,8,15H,7H2,1-3H3,(H,13,16). The van der Waals surface area contributed by atoms with Gasteiger partial charge in [-0.15, -0.1) is 0 Å². The molecule has 0 saturated heterocycles. The molecular weight excluding hydrogens is 206 g/mol. The molecule has 2 N–H and O–H groups in total. The zero-order valence-corrected chi connectivity index (χ0v) is 9.77. The lowest BCUT2D eigenvalue weighted by Crippen LogP contribution is -2.39. The highest BCUT2D eigenvalue weighted by molar-refractivity contribution is 5.94. The largest absolute Gasteiger partial charge is 0.506 e. The number of aromatic nitrogens is 1. The monoisotopic (exact) mass is 223 g/mol. The molecule has 0 aliphatic rings. The van der Waals surface area contributed by atoms with Crippen molar-refractivity contribution in [2.24, 2.45) is 0 Å². The molecule has 0 aromatic carbocycles. The van der Waals surface area contributed by atoms with Crippen molar-refractivity contribution in [3.05, 3.63) is 24.0 Å². The lowest BCUT2D eigenvalue weighted by molar-refractivity contribution is 0.0933. The average molecular weight is 223 g/mol. The van der Waals surface area contributed by atoms with E-state index < -0.39 is 0 Å². The predicted molar refractivity (Wildman–Crippen MR) is 61.4 cm³/mol. The Kier molecular flexibility index (Phi) is 4.25. The van der Waals surface area contributed by atoms with Crippen LogP contribution in [0.4, 0.5) is 0 Å². The minimum absolute atomic E-state index is 0.00656. The average Bonchev–Trinajstić information content (AvgIpc) is 2.16. The number of nitrogens with zero attached hydrogens (tertiary/aromatic N) is 2. The minimum atomic E-state index is -0.224. The number of rotatable bonds is 4. The molecule has 1 amide bonds. The summed E-state index contributed by atoms with van der Waals surface area (Å²) in [5.74, 6) is -0.231. The number of amides is 1. The SMILES string of the molecule is CC(CN(C)C)NC(=O)c1cncc(O)c1. The Balaban J connectivity index is 2.59. The summed E-state index contributed by atoms with van der Waals surface area (Å²) in [6.07, 6.45) is 2.72. The van der Waals surface area contributed by atoms with Gasteiger partial charge in [0, 0.05) is 18.8 Å². The van der Waals surface area contributed by atoms with Crippen LogP contribution < -0.4 is 5.32 Å². The van der Waals surface area contributed by atoms with Crippen LogP contribution in [0.5, 0.6) is 5.75 Å². The third-order valence-corrected chi connectivity index (χ3v) is 2.00. The highest BCUT2D eigenvalue weighted by Gasteiger charge is 2.10. The lowest BCUT2D eigenvalue weighted by atomic mass is 10.2. The first kappa shape index (κ1) is 12.4. The number of hydrogen-bond acceptors (Lipinski definition) is 4. The van der Waals surface area contributed by atoms with Crippen molar-refractivity contribution in [2.75, 3.05) is 20.6 Å². The molecule has 0 aliphatic heterocycles. The molecule has 1 heterocycles. The van der Waals surface area contributed by atoms with Crippen molar-refractivity contribution in [3.8, 4) is 5.75 Å². The maximum absolute atomic E-state index is 11.7. The van der Waals surface area contributed by atoms with Gasteiger partial charge in [0.2, 0.25) is 0 Å². The molecule has 0 bridgehead atoms. The van der Waals surface area contributed by atoms with E-state index in [1.807, 2.05) is 25.9 Å². The van der Waals surface area contributed by atoms with E-state index in [4.69, 9.17) is 0 Å². The predicted octanol–water partition coefficient (Wildman–Crippen LogP) is 0.467. The van der Waals surface area contributed by atoms with Crippen LogP contribution in [0.1, 0.15) is 17.3 Å². The van der Waals surface area contributed by atoms with E-state index in [1.165, 1.54) is 18.5 Å². The number of carbonyl (C=O) groups excluding carboxylic acids is 1. The summed E-state index contributed by atoms with van der Waals surface area (Å²) in [5, 5.41) is 12.0. The van der Waals surface area contributed by atoms with Crippen LogP contribution in [0.25, 0.3) is 0 Å². The number of hydrogen-bond donors (Lipinski definition) is 2. The van der Waals surface area contributed by atoms with Crippen molar-refractivity contribution in [3.63, 3.8) is 0 Å². The summed E-state index contributed by atoms with van der Waals surface area (Å²) in [6.45, 7) is 2.69. The molecule has 1 aromatic rings. The van der Waals surface area contributed by atoms with Crippen molar-refractivity contribution < 1.29 is 9.90 Å². The van der Waals surface area contributed by atoms with Gasteiger partial charge in [-0.05, 0) is 27.1 Å². The summed E-state index contributed by atoms with van der Waals surface area (Å²) in [6, 6.07) is 1.44. The molecular formula is C11H17N3O2. The first-order valence-electron chi connectivity index (χ1n) is 5.08. The van der Waals surface area contributed by atoms with Crippen molar-refractivity contribution in [1.29, 1.82) is 0 Å². The Labute approximate surface area is 95.1 Å². The second-order valence-corrected chi connectivity index (χ2v) is 4.07. The van der Waals surface area contributed by atoms with E-state index in [0.717, 1.165) is 6.54 Å². The molecule has 0 spiro atoms. The Bertz CT molecular complexity index is 366. The molecule has 0 saturated carbocycles. The van der Waals surface area contributed by atoms with E-state index in [1.54, 1.807) is 0 Å². The fourth-order valence-electron chi connectivity index (χ4n) is 1.45. The molecule has 1 rings (SSSR count). The van der Waals surface area contributed by atoms with Crippen LogP contribution >= 0.6 is 0 Å². The molecule has 5 nitrogen and oxygen atoms in total. The van der Waals surface area contributed by atoms with Crippen LogP contribution in [0, 0.1) is 0 Å². The zero-order valence-electron chi connectivity index (χ0n) is 9.77. The minimum Gasteiger partial charge on any atom is -0.506 e. The number of likely N-dealkylation sites (N-methyl/N-ethyl adjacent to an activating group) is 1. The molecule has 1 unspecified atom stereocenters. The highest BCUT2D eigenvalue weighted by atomic mass is 16.3. The van der Waals surface area contributed by atoms with E-state index >= 15 is 0 Å². The van der Waals surface area contributed by atoms with Gasteiger partial charge in [-0.2, -0.15) is 0 Å². The Morgan fingerprint density at radius 3 is 2.81 bits per heavy atom. The number of carbonyl (C=O) groups is 1. The summed E-state index contributed by atoms with van der Waals surface area (Å²) in [5.41, 5.74) is 0.366. The molecule has 0 radical (unpaired) electrons. The zero-order chi connectivity index (χ0) is 12.1. The first-order chi connectivity index (χ1) is 7.49. The molecule has 0 aliphatic carbocycles. The summed E-state index contributed by atoms with van der Waals surface area (Å²) >= 11 is 0. The van der Waals surface area contributed by atoms with E-state index in [9.17, 15) is 9.90 Å². The first-order valence-corrected chi connectivity index (χ1v) is 5.08. The van der Waals surface area contributed by atoms with Gasteiger partial charge >= 0.3 is 0 Å². The number of nitrogens with one attached hydrogen (secondary N) is 1. The highest BCUT2D eigenvalue weighted by Crippen LogP contribution is 2.08. The lowest BCUT2D eigenvalue weighted by Gasteiger charge is -2.18. The number of pyridine rings is 1. The van der Waals surface area contributed by atoms with Crippen molar-refractivity contribution in [1.82, 2.24) is 15.2 Å². The van der Waals surface area contributed by atoms with Crippen molar-refractivity contribution >= 4 is 5.91 Å². The maximum atomic E-state index is 11.7. The van der Waals surface area contributed by atoms with Gasteiger partial charge in [-0.1, -0.05) is 0 Å². The smallest absolute Gasteiger partial charge is 0.253 e. The Morgan fingerprint density at radius 1 is 1.56 bits per heavy atom. The second kappa shape index (κ2) is 5.46. The van der Waals surface area contributed by atoms with Crippen LogP contribution in [0.15, 0.2) is 18.5 Å². The Hall–Kier alpha value is -1.62. The fraction of sp³-hybridized carbons (Fsp3) is 0.455. The third-order valence-electron chi connectivity index (χ3n) is 2.00. The normalized spacial score (nSPS) is 12.5. The van der Waals surface area contributed by atoms with Gasteiger partial charge in [0.15, 0.2) is 0 Å². The molecule has 1 atom stereocenters. The van der Waals surface area contributed by atoms with Gasteiger partial charge in [0.25, 0.3) is 5.91 Å². The van der Waals surface area contributed by atoms with E-state index in [2.05, 4.69) is 10.3 Å². The van der Waals surface area contributed by atoms with E-state index in [-0.39, 0.29) is 17.7 Å². The third kappa shape index (κ3) is 3.86. The van der Waals surface area contributed by atoms with Gasteiger partial charge < -0.3 is 15.3 Å². The van der Waals surface area contributed by atoms with Crippen LogP contribution in [0.2, 0.25) is 0 Å².